The molecule has 1 N–H and O–H groups in total. The van der Waals surface area contributed by atoms with Crippen LogP contribution in [0, 0.1) is 0 Å². The molecule has 0 saturated carbocycles. The first kappa shape index (κ1) is 15.8. The summed E-state index contributed by atoms with van der Waals surface area (Å²) >= 11 is 3.30. The van der Waals surface area contributed by atoms with E-state index in [2.05, 4.69) is 20.7 Å². The summed E-state index contributed by atoms with van der Waals surface area (Å²) in [5, 5.41) is 0. The third-order valence-electron chi connectivity index (χ3n) is 3.41. The fourth-order valence-electron chi connectivity index (χ4n) is 2.12. The molecule has 1 heterocycles. The zero-order valence-corrected chi connectivity index (χ0v) is 13.9. The summed E-state index contributed by atoms with van der Waals surface area (Å²) in [6.07, 6.45) is 1.34. The van der Waals surface area contributed by atoms with E-state index >= 15 is 0 Å². The van der Waals surface area contributed by atoms with E-state index in [9.17, 15) is 8.42 Å². The number of rotatable bonds is 4. The van der Waals surface area contributed by atoms with E-state index < -0.39 is 15.6 Å². The molecule has 0 aromatic heterocycles. The van der Waals surface area contributed by atoms with Crippen molar-refractivity contribution >= 4 is 26.0 Å². The normalized spacial score (nSPS) is 18.8. The summed E-state index contributed by atoms with van der Waals surface area (Å²) in [6, 6.07) is 4.71. The maximum atomic E-state index is 12.4. The molecule has 1 fully saturated rings. The highest BCUT2D eigenvalue weighted by molar-refractivity contribution is 9.10. The van der Waals surface area contributed by atoms with Crippen molar-refractivity contribution in [3.05, 3.63) is 22.7 Å². The van der Waals surface area contributed by atoms with Crippen molar-refractivity contribution in [2.75, 3.05) is 20.3 Å². The number of halogens is 1. The van der Waals surface area contributed by atoms with Crippen LogP contribution < -0.4 is 9.46 Å². The average molecular weight is 364 g/mol. The van der Waals surface area contributed by atoms with Gasteiger partial charge in [-0.25, -0.2) is 13.1 Å². The molecule has 0 bridgehead atoms. The molecule has 0 aliphatic carbocycles. The summed E-state index contributed by atoms with van der Waals surface area (Å²) in [7, 11) is -2.02. The number of hydrogen-bond donors (Lipinski definition) is 1. The van der Waals surface area contributed by atoms with E-state index in [0.717, 1.165) is 0 Å². The molecule has 20 heavy (non-hydrogen) atoms. The van der Waals surface area contributed by atoms with Crippen molar-refractivity contribution in [3.63, 3.8) is 0 Å². The van der Waals surface area contributed by atoms with Crippen molar-refractivity contribution in [2.24, 2.45) is 0 Å². The number of ether oxygens (including phenoxy) is 2. The van der Waals surface area contributed by atoms with Gasteiger partial charge in [-0.1, -0.05) is 0 Å². The van der Waals surface area contributed by atoms with Gasteiger partial charge in [-0.15, -0.1) is 0 Å². The smallest absolute Gasteiger partial charge is 0.241 e. The van der Waals surface area contributed by atoms with Gasteiger partial charge in [-0.2, -0.15) is 0 Å². The maximum absolute atomic E-state index is 12.4. The Morgan fingerprint density at radius 2 is 2.00 bits per heavy atom. The first-order valence-corrected chi connectivity index (χ1v) is 8.59. The monoisotopic (exact) mass is 363 g/mol. The van der Waals surface area contributed by atoms with E-state index in [1.807, 2.05) is 6.92 Å². The molecule has 0 amide bonds. The van der Waals surface area contributed by atoms with Gasteiger partial charge in [0.05, 0.1) is 16.5 Å². The standard InChI is InChI=1S/C13H18BrNO4S/c1-13(5-7-19-8-6-13)15-20(16,17)10-3-4-12(18-2)11(14)9-10/h3-4,9,15H,5-8H2,1-2H3. The number of sulfonamides is 1. The second kappa shape index (κ2) is 6.01. The molecule has 0 unspecified atom stereocenters. The van der Waals surface area contributed by atoms with Crippen molar-refractivity contribution in [2.45, 2.75) is 30.2 Å². The molecule has 1 aromatic carbocycles. The van der Waals surface area contributed by atoms with Gasteiger partial charge in [0.25, 0.3) is 0 Å². The Hall–Kier alpha value is -0.630. The first-order valence-electron chi connectivity index (χ1n) is 6.32. The lowest BCUT2D eigenvalue weighted by Crippen LogP contribution is -2.49. The second-order valence-electron chi connectivity index (χ2n) is 5.07. The Balaban J connectivity index is 2.24. The number of nitrogens with one attached hydrogen (secondary N) is 1. The topological polar surface area (TPSA) is 64.6 Å². The van der Waals surface area contributed by atoms with E-state index in [1.165, 1.54) is 13.2 Å². The van der Waals surface area contributed by atoms with Gasteiger partial charge in [0.1, 0.15) is 5.75 Å². The summed E-state index contributed by atoms with van der Waals surface area (Å²) in [5.41, 5.74) is -0.455. The van der Waals surface area contributed by atoms with Crippen molar-refractivity contribution < 1.29 is 17.9 Å². The molecule has 7 heteroatoms. The third kappa shape index (κ3) is 3.52. The maximum Gasteiger partial charge on any atom is 0.241 e. The number of hydrogen-bond acceptors (Lipinski definition) is 4. The van der Waals surface area contributed by atoms with Gasteiger partial charge in [0, 0.05) is 18.8 Å². The largest absolute Gasteiger partial charge is 0.496 e. The minimum absolute atomic E-state index is 0.220. The summed E-state index contributed by atoms with van der Waals surface area (Å²) in [5.74, 6) is 0.598. The van der Waals surface area contributed by atoms with Gasteiger partial charge in [-0.05, 0) is 53.9 Å². The van der Waals surface area contributed by atoms with Gasteiger partial charge in [0.15, 0.2) is 0 Å². The molecule has 1 aliphatic heterocycles. The zero-order chi connectivity index (χ0) is 14.8. The molecule has 0 atom stereocenters. The lowest BCUT2D eigenvalue weighted by atomic mass is 9.94. The van der Waals surface area contributed by atoms with E-state index in [1.54, 1.807) is 12.1 Å². The first-order chi connectivity index (χ1) is 9.36. The molecule has 1 aromatic rings. The number of benzene rings is 1. The van der Waals surface area contributed by atoms with Crippen LogP contribution in [0.4, 0.5) is 0 Å². The van der Waals surface area contributed by atoms with Gasteiger partial charge in [-0.3, -0.25) is 0 Å². The van der Waals surface area contributed by atoms with Gasteiger partial charge < -0.3 is 9.47 Å². The molecule has 112 valence electrons. The fraction of sp³-hybridized carbons (Fsp3) is 0.538. The highest BCUT2D eigenvalue weighted by Gasteiger charge is 2.32. The predicted molar refractivity (Wildman–Crippen MR) is 79.5 cm³/mol. The summed E-state index contributed by atoms with van der Waals surface area (Å²) in [4.78, 5) is 0.220. The predicted octanol–water partition coefficient (Wildman–Crippen LogP) is 2.31. The van der Waals surface area contributed by atoms with Crippen LogP contribution in [-0.2, 0) is 14.8 Å². The van der Waals surface area contributed by atoms with Crippen LogP contribution in [0.5, 0.6) is 5.75 Å². The Morgan fingerprint density at radius 1 is 1.35 bits per heavy atom. The molecule has 1 saturated heterocycles. The van der Waals surface area contributed by atoms with Crippen LogP contribution in [0.2, 0.25) is 0 Å². The molecule has 0 radical (unpaired) electrons. The minimum atomic E-state index is -3.56. The third-order valence-corrected chi connectivity index (χ3v) is 5.67. The van der Waals surface area contributed by atoms with E-state index in [-0.39, 0.29) is 4.90 Å². The second-order valence-corrected chi connectivity index (χ2v) is 7.61. The van der Waals surface area contributed by atoms with Crippen LogP contribution in [0.1, 0.15) is 19.8 Å². The van der Waals surface area contributed by atoms with Crippen LogP contribution >= 0.6 is 15.9 Å². The van der Waals surface area contributed by atoms with E-state index in [0.29, 0.717) is 36.3 Å². The Morgan fingerprint density at radius 3 is 2.55 bits per heavy atom. The average Bonchev–Trinajstić information content (AvgIpc) is 2.38. The van der Waals surface area contributed by atoms with E-state index in [4.69, 9.17) is 9.47 Å². The molecular formula is C13H18BrNO4S. The highest BCUT2D eigenvalue weighted by atomic mass is 79.9. The Kier molecular flexibility index (Phi) is 4.73. The molecule has 0 spiro atoms. The lowest BCUT2D eigenvalue weighted by molar-refractivity contribution is 0.0537. The minimum Gasteiger partial charge on any atom is -0.496 e. The van der Waals surface area contributed by atoms with Crippen molar-refractivity contribution in [1.82, 2.24) is 4.72 Å². The molecular weight excluding hydrogens is 346 g/mol. The zero-order valence-electron chi connectivity index (χ0n) is 11.5. The van der Waals surface area contributed by atoms with Gasteiger partial charge >= 0.3 is 0 Å². The highest BCUT2D eigenvalue weighted by Crippen LogP contribution is 2.29. The summed E-state index contributed by atoms with van der Waals surface area (Å²) in [6.45, 7) is 3.06. The fourth-order valence-corrected chi connectivity index (χ4v) is 4.30. The van der Waals surface area contributed by atoms with Gasteiger partial charge in [0.2, 0.25) is 10.0 Å². The summed E-state index contributed by atoms with van der Waals surface area (Å²) < 4.78 is 38.7. The quantitative estimate of drug-likeness (QED) is 0.891. The SMILES string of the molecule is COc1ccc(S(=O)(=O)NC2(C)CCOCC2)cc1Br. The van der Waals surface area contributed by atoms with Crippen molar-refractivity contribution in [1.29, 1.82) is 0 Å². The molecule has 5 nitrogen and oxygen atoms in total. The van der Waals surface area contributed by atoms with Crippen LogP contribution in [0.25, 0.3) is 0 Å². The van der Waals surface area contributed by atoms with Crippen LogP contribution in [0.3, 0.4) is 0 Å². The Bertz CT molecular complexity index is 582. The van der Waals surface area contributed by atoms with Crippen molar-refractivity contribution in [3.8, 4) is 5.75 Å². The lowest BCUT2D eigenvalue weighted by Gasteiger charge is -2.34. The number of methoxy groups -OCH3 is 1. The van der Waals surface area contributed by atoms with Crippen LogP contribution in [-0.4, -0.2) is 34.3 Å². The van der Waals surface area contributed by atoms with Crippen LogP contribution in [0.15, 0.2) is 27.6 Å². The molecule has 2 rings (SSSR count). The Labute approximate surface area is 127 Å². The molecule has 1 aliphatic rings.